The molecule has 2 aromatic carbocycles. The van der Waals surface area contributed by atoms with E-state index in [9.17, 15) is 14.7 Å². The highest BCUT2D eigenvalue weighted by Gasteiger charge is 2.40. The van der Waals surface area contributed by atoms with Crippen molar-refractivity contribution in [3.05, 3.63) is 52.1 Å². The normalized spacial score (nSPS) is 14.9. The van der Waals surface area contributed by atoms with Crippen LogP contribution in [0.4, 0.5) is 5.69 Å². The quantitative estimate of drug-likeness (QED) is 0.588. The van der Waals surface area contributed by atoms with Crippen LogP contribution in [-0.4, -0.2) is 17.0 Å². The van der Waals surface area contributed by atoms with Gasteiger partial charge in [-0.1, -0.05) is 67.5 Å². The molecule has 0 atom stereocenters. The molecule has 31 heavy (non-hydrogen) atoms. The van der Waals surface area contributed by atoms with Crippen LogP contribution in [0.2, 0.25) is 0 Å². The van der Waals surface area contributed by atoms with Gasteiger partial charge in [0.1, 0.15) is 11.3 Å². The van der Waals surface area contributed by atoms with Gasteiger partial charge in [0.2, 0.25) is 5.91 Å². The first-order valence-electron chi connectivity index (χ1n) is 10.6. The van der Waals surface area contributed by atoms with Crippen LogP contribution in [0.3, 0.4) is 0 Å². The van der Waals surface area contributed by atoms with E-state index in [1.54, 1.807) is 6.07 Å². The molecular formula is C26H33NO4. The Morgan fingerprint density at radius 2 is 1.35 bits per heavy atom. The predicted molar refractivity (Wildman–Crippen MR) is 124 cm³/mol. The van der Waals surface area contributed by atoms with Crippen molar-refractivity contribution >= 4 is 17.6 Å². The molecule has 0 spiro atoms. The summed E-state index contributed by atoms with van der Waals surface area (Å²) in [4.78, 5) is 24.1. The molecule has 1 aliphatic rings. The first kappa shape index (κ1) is 22.9. The third-order valence-electron chi connectivity index (χ3n) is 6.00. The van der Waals surface area contributed by atoms with Crippen molar-refractivity contribution in [1.29, 1.82) is 0 Å². The van der Waals surface area contributed by atoms with Gasteiger partial charge in [0.15, 0.2) is 5.75 Å². The van der Waals surface area contributed by atoms with Gasteiger partial charge in [-0.2, -0.15) is 0 Å². The summed E-state index contributed by atoms with van der Waals surface area (Å²) in [6.07, 6.45) is 0. The molecule has 5 nitrogen and oxygen atoms in total. The average Bonchev–Trinajstić information content (AvgIpc) is 2.59. The van der Waals surface area contributed by atoms with Gasteiger partial charge >= 0.3 is 5.97 Å². The van der Waals surface area contributed by atoms with Crippen LogP contribution < -0.4 is 10.1 Å². The maximum Gasteiger partial charge on any atom is 0.339 e. The van der Waals surface area contributed by atoms with E-state index >= 15 is 0 Å². The molecule has 3 rings (SSSR count). The third-order valence-corrected chi connectivity index (χ3v) is 6.00. The highest BCUT2D eigenvalue weighted by molar-refractivity contribution is 5.94. The molecule has 1 aliphatic heterocycles. The standard InChI is InChI=1S/C26H33NO4/c1-14(28)27-20-13-16(25(5,6)7)12-19-22(20)31-21-17(23(29)30)10-15(24(2,3)4)11-18(21)26(19,8)9/h10-13H,1-9H3,(H,27,28)(H,29,30). The molecular weight excluding hydrogens is 390 g/mol. The van der Waals surface area contributed by atoms with Crippen molar-refractivity contribution in [2.75, 3.05) is 5.32 Å². The zero-order chi connectivity index (χ0) is 23.5. The highest BCUT2D eigenvalue weighted by Crippen LogP contribution is 2.53. The van der Waals surface area contributed by atoms with E-state index < -0.39 is 11.4 Å². The van der Waals surface area contributed by atoms with Gasteiger partial charge < -0.3 is 15.2 Å². The molecule has 2 N–H and O–H groups in total. The molecule has 5 heteroatoms. The van der Waals surface area contributed by atoms with Gasteiger partial charge in [0.25, 0.3) is 0 Å². The van der Waals surface area contributed by atoms with Crippen LogP contribution in [-0.2, 0) is 21.0 Å². The largest absolute Gasteiger partial charge is 0.478 e. The number of rotatable bonds is 2. The number of fused-ring (bicyclic) bond motifs is 2. The summed E-state index contributed by atoms with van der Waals surface area (Å²) in [6.45, 7) is 18.2. The fraction of sp³-hybridized carbons (Fsp3) is 0.462. The number of amides is 1. The van der Waals surface area contributed by atoms with Crippen molar-refractivity contribution in [2.45, 2.75) is 78.6 Å². The Morgan fingerprint density at radius 1 is 0.871 bits per heavy atom. The number of carboxylic acids is 1. The molecule has 1 amide bonds. The molecule has 0 saturated carbocycles. The Kier molecular flexibility index (Phi) is 5.24. The first-order chi connectivity index (χ1) is 14.0. The summed E-state index contributed by atoms with van der Waals surface area (Å²) in [5.41, 5.74) is 3.59. The Hall–Kier alpha value is -2.82. The number of anilines is 1. The minimum atomic E-state index is -1.03. The van der Waals surface area contributed by atoms with Gasteiger partial charge in [-0.3, -0.25) is 4.79 Å². The first-order valence-corrected chi connectivity index (χ1v) is 10.6. The topological polar surface area (TPSA) is 75.6 Å². The van der Waals surface area contributed by atoms with Crippen molar-refractivity contribution < 1.29 is 19.4 Å². The summed E-state index contributed by atoms with van der Waals surface area (Å²) in [7, 11) is 0. The lowest BCUT2D eigenvalue weighted by molar-refractivity contribution is -0.114. The summed E-state index contributed by atoms with van der Waals surface area (Å²) < 4.78 is 6.28. The molecule has 0 bridgehead atoms. The smallest absolute Gasteiger partial charge is 0.339 e. The molecule has 0 aliphatic carbocycles. The minimum Gasteiger partial charge on any atom is -0.478 e. The van der Waals surface area contributed by atoms with Crippen molar-refractivity contribution in [3.8, 4) is 11.5 Å². The van der Waals surface area contributed by atoms with E-state index in [1.165, 1.54) is 6.92 Å². The van der Waals surface area contributed by atoms with Crippen LogP contribution in [0, 0.1) is 0 Å². The van der Waals surface area contributed by atoms with E-state index in [4.69, 9.17) is 4.74 Å². The maximum absolute atomic E-state index is 12.2. The molecule has 0 saturated heterocycles. The third kappa shape index (κ3) is 4.06. The molecule has 0 fully saturated rings. The van der Waals surface area contributed by atoms with E-state index in [0.29, 0.717) is 17.2 Å². The van der Waals surface area contributed by atoms with Crippen molar-refractivity contribution in [2.24, 2.45) is 0 Å². The number of nitrogens with one attached hydrogen (secondary N) is 1. The van der Waals surface area contributed by atoms with Gasteiger partial charge in [-0.05, 0) is 34.1 Å². The minimum absolute atomic E-state index is 0.134. The predicted octanol–water partition coefficient (Wildman–Crippen LogP) is 6.37. The molecule has 0 radical (unpaired) electrons. The summed E-state index contributed by atoms with van der Waals surface area (Å²) in [6, 6.07) is 7.80. The molecule has 0 unspecified atom stereocenters. The average molecular weight is 424 g/mol. The van der Waals surface area contributed by atoms with Gasteiger partial charge in [0, 0.05) is 23.5 Å². The monoisotopic (exact) mass is 423 g/mol. The zero-order valence-electron chi connectivity index (χ0n) is 20.0. The number of carbonyl (C=O) groups is 2. The second-order valence-electron chi connectivity index (χ2n) is 11.0. The number of ether oxygens (including phenoxy) is 1. The fourth-order valence-electron chi connectivity index (χ4n) is 3.96. The Morgan fingerprint density at radius 3 is 1.81 bits per heavy atom. The lowest BCUT2D eigenvalue weighted by atomic mass is 9.71. The Bertz CT molecular complexity index is 1080. The van der Waals surface area contributed by atoms with Crippen molar-refractivity contribution in [1.82, 2.24) is 0 Å². The Labute approximate surface area is 184 Å². The zero-order valence-corrected chi connectivity index (χ0v) is 20.0. The Balaban J connectivity index is 2.38. The van der Waals surface area contributed by atoms with Gasteiger partial charge in [0.05, 0.1) is 5.69 Å². The fourth-order valence-corrected chi connectivity index (χ4v) is 3.96. The van der Waals surface area contributed by atoms with E-state index in [1.807, 2.05) is 6.07 Å². The van der Waals surface area contributed by atoms with Crippen LogP contribution in [0.15, 0.2) is 24.3 Å². The van der Waals surface area contributed by atoms with Crippen LogP contribution in [0.1, 0.15) is 94.9 Å². The number of carboxylic acid groups (broad SMARTS) is 1. The number of carbonyl (C=O) groups excluding carboxylic acids is 1. The lowest BCUT2D eigenvalue weighted by Gasteiger charge is -2.38. The second kappa shape index (κ2) is 7.11. The van der Waals surface area contributed by atoms with Crippen LogP contribution in [0.5, 0.6) is 11.5 Å². The van der Waals surface area contributed by atoms with Crippen LogP contribution >= 0.6 is 0 Å². The summed E-state index contributed by atoms with van der Waals surface area (Å²) in [5.74, 6) is -0.393. The van der Waals surface area contributed by atoms with E-state index in [-0.39, 0.29) is 22.3 Å². The van der Waals surface area contributed by atoms with E-state index in [0.717, 1.165) is 22.3 Å². The van der Waals surface area contributed by atoms with Gasteiger partial charge in [-0.25, -0.2) is 4.79 Å². The lowest BCUT2D eigenvalue weighted by Crippen LogP contribution is -2.29. The SMILES string of the molecule is CC(=O)Nc1cc(C(C)(C)C)cc2c1Oc1c(C(=O)O)cc(C(C)(C)C)cc1C2(C)C. The maximum atomic E-state index is 12.2. The molecule has 166 valence electrons. The van der Waals surface area contributed by atoms with E-state index in [2.05, 4.69) is 72.8 Å². The second-order valence-corrected chi connectivity index (χ2v) is 11.0. The molecule has 1 heterocycles. The molecule has 0 aromatic heterocycles. The summed E-state index contributed by atoms with van der Waals surface area (Å²) in [5, 5.41) is 12.9. The number of aromatic carboxylic acids is 1. The highest BCUT2D eigenvalue weighted by atomic mass is 16.5. The summed E-state index contributed by atoms with van der Waals surface area (Å²) >= 11 is 0. The van der Waals surface area contributed by atoms with Gasteiger partial charge in [-0.15, -0.1) is 0 Å². The van der Waals surface area contributed by atoms with Crippen LogP contribution in [0.25, 0.3) is 0 Å². The number of hydrogen-bond donors (Lipinski definition) is 2. The number of benzene rings is 2. The number of hydrogen-bond acceptors (Lipinski definition) is 3. The van der Waals surface area contributed by atoms with Crippen molar-refractivity contribution in [3.63, 3.8) is 0 Å². The molecule has 2 aromatic rings.